The first-order chi connectivity index (χ1) is 12.3. The monoisotopic (exact) mass is 327 g/mol. The summed E-state index contributed by atoms with van der Waals surface area (Å²) < 4.78 is 0. The van der Waals surface area contributed by atoms with Crippen molar-refractivity contribution in [3.8, 4) is 17.2 Å². The van der Waals surface area contributed by atoms with Gasteiger partial charge in [0.25, 0.3) is 0 Å². The van der Waals surface area contributed by atoms with Gasteiger partial charge in [0.2, 0.25) is 0 Å². The zero-order valence-electron chi connectivity index (χ0n) is 14.9. The van der Waals surface area contributed by atoms with E-state index in [1.54, 1.807) is 0 Å². The Labute approximate surface area is 151 Å². The minimum Gasteiger partial charge on any atom is -0.197 e. The van der Waals surface area contributed by atoms with Crippen LogP contribution in [0.5, 0.6) is 0 Å². The SMILES string of the molecule is CCCCCC1(C#N)C=CC(c2ccc(-c3ccccc3)cc2)C=C1. The number of benzene rings is 2. The largest absolute Gasteiger partial charge is 0.197 e. The lowest BCUT2D eigenvalue weighted by molar-refractivity contribution is 0.519. The molecule has 0 heterocycles. The predicted molar refractivity (Wildman–Crippen MR) is 105 cm³/mol. The molecule has 0 aliphatic heterocycles. The summed E-state index contributed by atoms with van der Waals surface area (Å²) >= 11 is 0. The molecule has 0 amide bonds. The Balaban J connectivity index is 1.71. The van der Waals surface area contributed by atoms with Crippen LogP contribution < -0.4 is 0 Å². The predicted octanol–water partition coefficient (Wildman–Crippen LogP) is 6.65. The van der Waals surface area contributed by atoms with Crippen LogP contribution in [0, 0.1) is 16.7 Å². The lowest BCUT2D eigenvalue weighted by Gasteiger charge is -2.24. The van der Waals surface area contributed by atoms with Gasteiger partial charge in [0.15, 0.2) is 0 Å². The molecular formula is C24H25N. The van der Waals surface area contributed by atoms with Gasteiger partial charge in [-0.1, -0.05) is 105 Å². The topological polar surface area (TPSA) is 23.8 Å². The van der Waals surface area contributed by atoms with E-state index in [1.165, 1.54) is 29.5 Å². The molecule has 25 heavy (non-hydrogen) atoms. The van der Waals surface area contributed by atoms with Crippen molar-refractivity contribution in [1.29, 1.82) is 5.26 Å². The van der Waals surface area contributed by atoms with E-state index in [1.807, 2.05) is 6.07 Å². The zero-order chi connectivity index (χ0) is 17.5. The molecule has 0 saturated carbocycles. The summed E-state index contributed by atoms with van der Waals surface area (Å²) in [6, 6.07) is 21.7. The Morgan fingerprint density at radius 2 is 1.52 bits per heavy atom. The minimum atomic E-state index is -0.407. The molecule has 3 rings (SSSR count). The summed E-state index contributed by atoms with van der Waals surface area (Å²) in [6.45, 7) is 2.20. The van der Waals surface area contributed by atoms with Crippen molar-refractivity contribution in [2.45, 2.75) is 38.5 Å². The highest BCUT2D eigenvalue weighted by molar-refractivity contribution is 5.63. The van der Waals surface area contributed by atoms with Crippen molar-refractivity contribution in [3.63, 3.8) is 0 Å². The standard InChI is InChI=1S/C24H25N/c1-2-3-7-16-24(19-25)17-14-23(15-18-24)22-12-10-21(11-13-22)20-8-5-4-6-9-20/h4-6,8-15,17-18,23H,2-3,7,16H2,1H3. The highest BCUT2D eigenvalue weighted by Gasteiger charge is 2.26. The zero-order valence-corrected chi connectivity index (χ0v) is 14.9. The van der Waals surface area contributed by atoms with Gasteiger partial charge in [-0.25, -0.2) is 0 Å². The lowest BCUT2D eigenvalue weighted by atomic mass is 9.77. The van der Waals surface area contributed by atoms with Crippen molar-refractivity contribution in [1.82, 2.24) is 0 Å². The average molecular weight is 327 g/mol. The highest BCUT2D eigenvalue weighted by atomic mass is 14.4. The van der Waals surface area contributed by atoms with E-state index in [4.69, 9.17) is 0 Å². The van der Waals surface area contributed by atoms with Crippen LogP contribution in [0.4, 0.5) is 0 Å². The molecule has 0 radical (unpaired) electrons. The number of hydrogen-bond donors (Lipinski definition) is 0. The van der Waals surface area contributed by atoms with E-state index in [9.17, 15) is 5.26 Å². The molecule has 1 aliphatic rings. The molecule has 1 nitrogen and oxygen atoms in total. The van der Waals surface area contributed by atoms with Gasteiger partial charge in [-0.2, -0.15) is 5.26 Å². The second-order valence-electron chi connectivity index (χ2n) is 6.84. The third-order valence-electron chi connectivity index (χ3n) is 5.01. The number of nitrogens with zero attached hydrogens (tertiary/aromatic N) is 1. The fraction of sp³-hybridized carbons (Fsp3) is 0.292. The molecule has 1 heteroatoms. The summed E-state index contributed by atoms with van der Waals surface area (Å²) in [5.74, 6) is 0.262. The van der Waals surface area contributed by atoms with Gasteiger partial charge in [-0.3, -0.25) is 0 Å². The molecule has 1 aliphatic carbocycles. The molecule has 0 saturated heterocycles. The van der Waals surface area contributed by atoms with Gasteiger partial charge in [-0.05, 0) is 23.1 Å². The first kappa shape index (κ1) is 17.2. The fourth-order valence-corrected chi connectivity index (χ4v) is 3.39. The van der Waals surface area contributed by atoms with Gasteiger partial charge in [0, 0.05) is 5.92 Å². The Kier molecular flexibility index (Phi) is 5.51. The molecule has 0 spiro atoms. The van der Waals surface area contributed by atoms with E-state index in [2.05, 4.69) is 85.8 Å². The van der Waals surface area contributed by atoms with Crippen molar-refractivity contribution in [2.24, 2.45) is 5.41 Å². The molecule has 0 unspecified atom stereocenters. The molecule has 2 aromatic rings. The Bertz CT molecular complexity index is 761. The van der Waals surface area contributed by atoms with E-state index < -0.39 is 5.41 Å². The second kappa shape index (κ2) is 7.99. The van der Waals surface area contributed by atoms with Gasteiger partial charge < -0.3 is 0 Å². The van der Waals surface area contributed by atoms with Crippen LogP contribution in [-0.2, 0) is 0 Å². The Morgan fingerprint density at radius 1 is 0.880 bits per heavy atom. The number of nitriles is 1. The van der Waals surface area contributed by atoms with Crippen LogP contribution in [0.15, 0.2) is 78.9 Å². The lowest BCUT2D eigenvalue weighted by Crippen LogP contribution is -2.16. The first-order valence-electron chi connectivity index (χ1n) is 9.22. The summed E-state index contributed by atoms with van der Waals surface area (Å²) in [4.78, 5) is 0. The summed E-state index contributed by atoms with van der Waals surface area (Å²) in [5, 5.41) is 9.61. The van der Waals surface area contributed by atoms with Crippen LogP contribution in [0.1, 0.15) is 44.1 Å². The first-order valence-corrected chi connectivity index (χ1v) is 9.22. The fourth-order valence-electron chi connectivity index (χ4n) is 3.39. The summed E-state index contributed by atoms with van der Waals surface area (Å²) in [5.41, 5.74) is 3.34. The highest BCUT2D eigenvalue weighted by Crippen LogP contribution is 2.36. The molecule has 2 aromatic carbocycles. The minimum absolute atomic E-state index is 0.262. The summed E-state index contributed by atoms with van der Waals surface area (Å²) in [6.07, 6.45) is 13.0. The average Bonchev–Trinajstić information content (AvgIpc) is 2.69. The molecule has 0 N–H and O–H groups in total. The second-order valence-corrected chi connectivity index (χ2v) is 6.84. The van der Waals surface area contributed by atoms with Gasteiger partial charge in [0.05, 0.1) is 11.5 Å². The third kappa shape index (κ3) is 4.09. The molecule has 0 aromatic heterocycles. The van der Waals surface area contributed by atoms with Gasteiger partial charge in [-0.15, -0.1) is 0 Å². The van der Waals surface area contributed by atoms with Crippen molar-refractivity contribution in [2.75, 3.05) is 0 Å². The maximum Gasteiger partial charge on any atom is 0.0934 e. The van der Waals surface area contributed by atoms with E-state index in [0.717, 1.165) is 12.8 Å². The van der Waals surface area contributed by atoms with Crippen LogP contribution >= 0.6 is 0 Å². The Morgan fingerprint density at radius 3 is 2.12 bits per heavy atom. The van der Waals surface area contributed by atoms with E-state index in [-0.39, 0.29) is 5.92 Å². The van der Waals surface area contributed by atoms with Gasteiger partial charge in [0.1, 0.15) is 0 Å². The van der Waals surface area contributed by atoms with E-state index in [0.29, 0.717) is 0 Å². The Hall–Kier alpha value is -2.59. The quantitative estimate of drug-likeness (QED) is 0.430. The van der Waals surface area contributed by atoms with Crippen LogP contribution in [0.25, 0.3) is 11.1 Å². The maximum atomic E-state index is 9.61. The molecule has 0 fully saturated rings. The molecular weight excluding hydrogens is 302 g/mol. The number of allylic oxidation sites excluding steroid dienone is 4. The van der Waals surface area contributed by atoms with Crippen molar-refractivity contribution in [3.05, 3.63) is 84.5 Å². The molecule has 0 atom stereocenters. The van der Waals surface area contributed by atoms with Crippen LogP contribution in [0.2, 0.25) is 0 Å². The number of unbranched alkanes of at least 4 members (excludes halogenated alkanes) is 2. The van der Waals surface area contributed by atoms with E-state index >= 15 is 0 Å². The van der Waals surface area contributed by atoms with Crippen LogP contribution in [-0.4, -0.2) is 0 Å². The van der Waals surface area contributed by atoms with Crippen LogP contribution in [0.3, 0.4) is 0 Å². The van der Waals surface area contributed by atoms with Crippen molar-refractivity contribution >= 4 is 0 Å². The van der Waals surface area contributed by atoms with Crippen molar-refractivity contribution < 1.29 is 0 Å². The summed E-state index contributed by atoms with van der Waals surface area (Å²) in [7, 11) is 0. The smallest absolute Gasteiger partial charge is 0.0934 e. The third-order valence-corrected chi connectivity index (χ3v) is 5.01. The van der Waals surface area contributed by atoms with Gasteiger partial charge >= 0.3 is 0 Å². The molecule has 126 valence electrons. The number of rotatable bonds is 6. The molecule has 0 bridgehead atoms. The maximum absolute atomic E-state index is 9.61. The normalized spacial score (nSPS) is 21.8. The number of hydrogen-bond acceptors (Lipinski definition) is 1.